The van der Waals surface area contributed by atoms with E-state index in [0.717, 1.165) is 43.0 Å². The lowest BCUT2D eigenvalue weighted by molar-refractivity contribution is -0.128. The summed E-state index contributed by atoms with van der Waals surface area (Å²) in [6, 6.07) is 8.06. The molecule has 0 spiro atoms. The number of benzene rings is 1. The zero-order chi connectivity index (χ0) is 18.5. The lowest BCUT2D eigenvalue weighted by Crippen LogP contribution is -2.44. The third-order valence-corrected chi connectivity index (χ3v) is 5.61. The highest BCUT2D eigenvalue weighted by atomic mass is 16.2. The van der Waals surface area contributed by atoms with E-state index < -0.39 is 0 Å². The van der Waals surface area contributed by atoms with E-state index >= 15 is 0 Å². The second-order valence-corrected chi connectivity index (χ2v) is 7.95. The van der Waals surface area contributed by atoms with Gasteiger partial charge in [-0.2, -0.15) is 0 Å². The fourth-order valence-electron chi connectivity index (χ4n) is 3.90. The standard InChI is InChI=1S/C21H31N3O2/c1-15-8-10-18(11-9-15)23-21(26)16(2)22-19-6-3-5-17(13-19)14-24-12-4-7-20(24)25/h3,5-6,13,15-16,18,22H,4,7-12,14H2,1-2H3,(H,23,26). The van der Waals surface area contributed by atoms with Crippen molar-refractivity contribution in [2.45, 2.75) is 71.0 Å². The molecule has 1 aromatic rings. The lowest BCUT2D eigenvalue weighted by atomic mass is 9.87. The van der Waals surface area contributed by atoms with Gasteiger partial charge in [-0.3, -0.25) is 9.59 Å². The Balaban J connectivity index is 1.51. The van der Waals surface area contributed by atoms with Gasteiger partial charge in [0.25, 0.3) is 0 Å². The van der Waals surface area contributed by atoms with Gasteiger partial charge in [0.1, 0.15) is 6.04 Å². The molecule has 3 rings (SSSR count). The molecule has 2 fully saturated rings. The predicted octanol–water partition coefficient (Wildman–Crippen LogP) is 3.30. The Labute approximate surface area is 156 Å². The molecule has 1 heterocycles. The Morgan fingerprint density at radius 2 is 2.04 bits per heavy atom. The Morgan fingerprint density at radius 1 is 1.27 bits per heavy atom. The van der Waals surface area contributed by atoms with Gasteiger partial charge in [-0.25, -0.2) is 0 Å². The van der Waals surface area contributed by atoms with Gasteiger partial charge in [-0.1, -0.05) is 19.1 Å². The first-order valence-corrected chi connectivity index (χ1v) is 9.95. The summed E-state index contributed by atoms with van der Waals surface area (Å²) in [5.41, 5.74) is 2.02. The van der Waals surface area contributed by atoms with Crippen molar-refractivity contribution >= 4 is 17.5 Å². The zero-order valence-electron chi connectivity index (χ0n) is 16.0. The van der Waals surface area contributed by atoms with Gasteiger partial charge in [-0.05, 0) is 62.6 Å². The molecule has 1 saturated carbocycles. The summed E-state index contributed by atoms with van der Waals surface area (Å²) in [4.78, 5) is 26.2. The average Bonchev–Trinajstić information content (AvgIpc) is 3.02. The number of anilines is 1. The number of hydrogen-bond donors (Lipinski definition) is 2. The molecule has 1 atom stereocenters. The van der Waals surface area contributed by atoms with E-state index in [4.69, 9.17) is 0 Å². The molecule has 0 aromatic heterocycles. The molecule has 1 unspecified atom stereocenters. The van der Waals surface area contributed by atoms with Crippen LogP contribution in [0.5, 0.6) is 0 Å². The summed E-state index contributed by atoms with van der Waals surface area (Å²) < 4.78 is 0. The maximum atomic E-state index is 12.5. The van der Waals surface area contributed by atoms with Crippen LogP contribution >= 0.6 is 0 Å². The second kappa shape index (κ2) is 8.56. The quantitative estimate of drug-likeness (QED) is 0.821. The SMILES string of the molecule is CC1CCC(NC(=O)C(C)Nc2cccc(CN3CCCC3=O)c2)CC1. The van der Waals surface area contributed by atoms with Crippen LogP contribution in [-0.2, 0) is 16.1 Å². The van der Waals surface area contributed by atoms with Gasteiger partial charge in [-0.15, -0.1) is 0 Å². The van der Waals surface area contributed by atoms with Crippen molar-refractivity contribution < 1.29 is 9.59 Å². The van der Waals surface area contributed by atoms with E-state index in [-0.39, 0.29) is 17.9 Å². The minimum Gasteiger partial charge on any atom is -0.374 e. The van der Waals surface area contributed by atoms with Crippen molar-refractivity contribution in [2.24, 2.45) is 5.92 Å². The number of carbonyl (C=O) groups is 2. The number of rotatable bonds is 6. The normalized spacial score (nSPS) is 24.4. The molecule has 1 aromatic carbocycles. The molecule has 2 N–H and O–H groups in total. The highest BCUT2D eigenvalue weighted by Crippen LogP contribution is 2.23. The van der Waals surface area contributed by atoms with Crippen LogP contribution in [0.1, 0.15) is 57.9 Å². The van der Waals surface area contributed by atoms with Gasteiger partial charge in [0.15, 0.2) is 0 Å². The van der Waals surface area contributed by atoms with Crippen LogP contribution in [0.15, 0.2) is 24.3 Å². The molecule has 142 valence electrons. The van der Waals surface area contributed by atoms with Crippen LogP contribution in [0.2, 0.25) is 0 Å². The third kappa shape index (κ3) is 4.99. The first kappa shape index (κ1) is 18.7. The van der Waals surface area contributed by atoms with Crippen LogP contribution in [0.3, 0.4) is 0 Å². The molecule has 5 heteroatoms. The smallest absolute Gasteiger partial charge is 0.242 e. The van der Waals surface area contributed by atoms with Crippen molar-refractivity contribution in [2.75, 3.05) is 11.9 Å². The molecule has 2 amide bonds. The molecular weight excluding hydrogens is 326 g/mol. The fraction of sp³-hybridized carbons (Fsp3) is 0.619. The van der Waals surface area contributed by atoms with Gasteiger partial charge < -0.3 is 15.5 Å². The Kier molecular flexibility index (Phi) is 6.17. The summed E-state index contributed by atoms with van der Waals surface area (Å²) >= 11 is 0. The lowest BCUT2D eigenvalue weighted by Gasteiger charge is -2.28. The number of nitrogens with zero attached hydrogens (tertiary/aromatic N) is 1. The number of hydrogen-bond acceptors (Lipinski definition) is 3. The van der Waals surface area contributed by atoms with Gasteiger partial charge in [0.2, 0.25) is 11.8 Å². The van der Waals surface area contributed by atoms with E-state index in [1.807, 2.05) is 36.1 Å². The van der Waals surface area contributed by atoms with Crippen LogP contribution < -0.4 is 10.6 Å². The summed E-state index contributed by atoms with van der Waals surface area (Å²) in [6.45, 7) is 5.67. The minimum atomic E-state index is -0.280. The number of likely N-dealkylation sites (tertiary alicyclic amines) is 1. The Morgan fingerprint density at radius 3 is 2.73 bits per heavy atom. The molecular formula is C21H31N3O2. The van der Waals surface area contributed by atoms with E-state index in [1.54, 1.807) is 0 Å². The average molecular weight is 357 g/mol. The maximum Gasteiger partial charge on any atom is 0.242 e. The van der Waals surface area contributed by atoms with E-state index in [9.17, 15) is 9.59 Å². The molecule has 1 aliphatic heterocycles. The number of carbonyl (C=O) groups excluding carboxylic acids is 2. The molecule has 0 bridgehead atoms. The van der Waals surface area contributed by atoms with Crippen LogP contribution in [0, 0.1) is 5.92 Å². The third-order valence-electron chi connectivity index (χ3n) is 5.61. The maximum absolute atomic E-state index is 12.5. The first-order valence-electron chi connectivity index (χ1n) is 9.95. The van der Waals surface area contributed by atoms with Crippen molar-refractivity contribution in [1.29, 1.82) is 0 Å². The van der Waals surface area contributed by atoms with Crippen molar-refractivity contribution in [3.63, 3.8) is 0 Å². The monoisotopic (exact) mass is 357 g/mol. The zero-order valence-corrected chi connectivity index (χ0v) is 16.0. The number of amides is 2. The van der Waals surface area contributed by atoms with Gasteiger partial charge in [0, 0.05) is 31.2 Å². The van der Waals surface area contributed by atoms with Gasteiger partial charge in [0.05, 0.1) is 0 Å². The molecule has 0 radical (unpaired) electrons. The topological polar surface area (TPSA) is 61.4 Å². The second-order valence-electron chi connectivity index (χ2n) is 7.95. The number of nitrogens with one attached hydrogen (secondary N) is 2. The first-order chi connectivity index (χ1) is 12.5. The van der Waals surface area contributed by atoms with Crippen molar-refractivity contribution in [3.8, 4) is 0 Å². The Bertz CT molecular complexity index is 638. The van der Waals surface area contributed by atoms with Crippen molar-refractivity contribution in [1.82, 2.24) is 10.2 Å². The van der Waals surface area contributed by atoms with E-state index in [1.165, 1.54) is 12.8 Å². The van der Waals surface area contributed by atoms with Crippen LogP contribution in [0.4, 0.5) is 5.69 Å². The van der Waals surface area contributed by atoms with Crippen LogP contribution in [-0.4, -0.2) is 35.3 Å². The molecule has 1 aliphatic carbocycles. The predicted molar refractivity (Wildman–Crippen MR) is 104 cm³/mol. The molecule has 1 saturated heterocycles. The summed E-state index contributed by atoms with van der Waals surface area (Å²) in [7, 11) is 0. The fourth-order valence-corrected chi connectivity index (χ4v) is 3.90. The van der Waals surface area contributed by atoms with E-state index in [2.05, 4.69) is 17.6 Å². The van der Waals surface area contributed by atoms with E-state index in [0.29, 0.717) is 19.0 Å². The largest absolute Gasteiger partial charge is 0.374 e. The van der Waals surface area contributed by atoms with Crippen molar-refractivity contribution in [3.05, 3.63) is 29.8 Å². The van der Waals surface area contributed by atoms with Crippen LogP contribution in [0.25, 0.3) is 0 Å². The molecule has 2 aliphatic rings. The van der Waals surface area contributed by atoms with Gasteiger partial charge >= 0.3 is 0 Å². The minimum absolute atomic E-state index is 0.0599. The highest BCUT2D eigenvalue weighted by Gasteiger charge is 2.23. The Hall–Kier alpha value is -2.04. The molecule has 26 heavy (non-hydrogen) atoms. The summed E-state index contributed by atoms with van der Waals surface area (Å²) in [5, 5.41) is 6.49. The summed E-state index contributed by atoms with van der Waals surface area (Å²) in [6.07, 6.45) is 6.18. The highest BCUT2D eigenvalue weighted by molar-refractivity contribution is 5.84. The molecule has 5 nitrogen and oxygen atoms in total. The summed E-state index contributed by atoms with van der Waals surface area (Å²) in [5.74, 6) is 1.08.